The Bertz CT molecular complexity index is 509. The molecule has 2 rings (SSSR count). The number of hydrogen-bond acceptors (Lipinski definition) is 5. The summed E-state index contributed by atoms with van der Waals surface area (Å²) in [6.07, 6.45) is -0.685. The third kappa shape index (κ3) is 3.99. The second kappa shape index (κ2) is 6.64. The zero-order valence-corrected chi connectivity index (χ0v) is 11.9. The van der Waals surface area contributed by atoms with Crippen molar-refractivity contribution in [2.75, 3.05) is 32.7 Å². The summed E-state index contributed by atoms with van der Waals surface area (Å²) in [5.41, 5.74) is 0.677. The summed E-state index contributed by atoms with van der Waals surface area (Å²) >= 11 is 0. The fraction of sp³-hybridized carbons (Fsp3) is 0.500. The third-order valence-corrected chi connectivity index (χ3v) is 3.74. The zero-order chi connectivity index (χ0) is 15.4. The number of rotatable bonds is 4. The second-order valence-electron chi connectivity index (χ2n) is 5.17. The Hall–Kier alpha value is -1.99. The topological polar surface area (TPSA) is 86.9 Å². The van der Waals surface area contributed by atoms with Crippen molar-refractivity contribution < 1.29 is 14.8 Å². The lowest BCUT2D eigenvalue weighted by molar-refractivity contribution is -0.384. The molecule has 1 saturated heterocycles. The summed E-state index contributed by atoms with van der Waals surface area (Å²) in [5.74, 6) is 0.0746. The van der Waals surface area contributed by atoms with Crippen LogP contribution >= 0.6 is 0 Å². The van der Waals surface area contributed by atoms with Crippen LogP contribution in [-0.2, 0) is 4.79 Å². The lowest BCUT2D eigenvalue weighted by Gasteiger charge is -2.35. The van der Waals surface area contributed by atoms with Crippen LogP contribution in [0.4, 0.5) is 5.69 Å². The lowest BCUT2D eigenvalue weighted by atomic mass is 10.1. The van der Waals surface area contributed by atoms with E-state index in [4.69, 9.17) is 0 Å². The van der Waals surface area contributed by atoms with E-state index < -0.39 is 11.0 Å². The molecule has 0 radical (unpaired) electrons. The van der Waals surface area contributed by atoms with Gasteiger partial charge in [-0.05, 0) is 17.7 Å². The van der Waals surface area contributed by atoms with Crippen molar-refractivity contribution in [1.29, 1.82) is 0 Å². The van der Waals surface area contributed by atoms with E-state index in [1.807, 2.05) is 0 Å². The average molecular weight is 293 g/mol. The van der Waals surface area contributed by atoms with Crippen LogP contribution in [0.5, 0.6) is 0 Å². The Morgan fingerprint density at radius 2 is 1.86 bits per heavy atom. The Labute approximate surface area is 122 Å². The van der Waals surface area contributed by atoms with Crippen molar-refractivity contribution in [2.24, 2.45) is 0 Å². The number of carbonyl (C=O) groups excluding carboxylic acids is 1. The van der Waals surface area contributed by atoms with Crippen LogP contribution in [-0.4, -0.2) is 58.5 Å². The molecule has 0 saturated carbocycles. The van der Waals surface area contributed by atoms with Crippen molar-refractivity contribution in [3.63, 3.8) is 0 Å². The van der Waals surface area contributed by atoms with Gasteiger partial charge in [-0.25, -0.2) is 0 Å². The molecule has 1 heterocycles. The highest BCUT2D eigenvalue weighted by molar-refractivity contribution is 5.73. The Morgan fingerprint density at radius 1 is 1.29 bits per heavy atom. The number of β-amino-alcohol motifs (C(OH)–C–C–N with tert-alkyl or cyclic N) is 1. The van der Waals surface area contributed by atoms with Crippen LogP contribution in [0, 0.1) is 10.1 Å². The number of nitro benzene ring substituents is 1. The van der Waals surface area contributed by atoms with Crippen LogP contribution in [0.15, 0.2) is 24.3 Å². The Balaban J connectivity index is 1.88. The number of nitrogens with zero attached hydrogens (tertiary/aromatic N) is 3. The number of benzene rings is 1. The smallest absolute Gasteiger partial charge is 0.269 e. The number of nitro groups is 1. The van der Waals surface area contributed by atoms with Gasteiger partial charge < -0.3 is 10.0 Å². The van der Waals surface area contributed by atoms with Gasteiger partial charge in [-0.15, -0.1) is 0 Å². The van der Waals surface area contributed by atoms with Gasteiger partial charge in [-0.2, -0.15) is 0 Å². The maximum atomic E-state index is 11.2. The highest BCUT2D eigenvalue weighted by Crippen LogP contribution is 2.19. The van der Waals surface area contributed by atoms with Gasteiger partial charge in [-0.1, -0.05) is 0 Å². The van der Waals surface area contributed by atoms with Crippen molar-refractivity contribution in [1.82, 2.24) is 9.80 Å². The van der Waals surface area contributed by atoms with Crippen LogP contribution in [0.3, 0.4) is 0 Å². The molecule has 1 fully saturated rings. The number of non-ortho nitro benzene ring substituents is 1. The van der Waals surface area contributed by atoms with Gasteiger partial charge >= 0.3 is 0 Å². The molecule has 0 bridgehead atoms. The summed E-state index contributed by atoms with van der Waals surface area (Å²) in [5, 5.41) is 20.8. The molecule has 7 nitrogen and oxygen atoms in total. The molecular formula is C14H19N3O4. The van der Waals surface area contributed by atoms with E-state index in [-0.39, 0.29) is 11.6 Å². The summed E-state index contributed by atoms with van der Waals surface area (Å²) in [6, 6.07) is 5.95. The zero-order valence-electron chi connectivity index (χ0n) is 11.9. The number of aliphatic hydroxyl groups is 1. The van der Waals surface area contributed by atoms with E-state index in [1.54, 1.807) is 24.0 Å². The average Bonchev–Trinajstić information content (AvgIpc) is 2.47. The minimum atomic E-state index is -0.685. The van der Waals surface area contributed by atoms with Crippen LogP contribution in [0.25, 0.3) is 0 Å². The molecule has 1 amide bonds. The van der Waals surface area contributed by atoms with Gasteiger partial charge in [0, 0.05) is 51.8 Å². The predicted octanol–water partition coefficient (Wildman–Crippen LogP) is 0.792. The van der Waals surface area contributed by atoms with Crippen LogP contribution in [0.2, 0.25) is 0 Å². The molecule has 0 spiro atoms. The molecule has 1 N–H and O–H groups in total. The van der Waals surface area contributed by atoms with E-state index in [9.17, 15) is 20.0 Å². The van der Waals surface area contributed by atoms with Gasteiger partial charge in [0.1, 0.15) is 0 Å². The first-order valence-electron chi connectivity index (χ1n) is 6.87. The van der Waals surface area contributed by atoms with E-state index in [0.29, 0.717) is 25.2 Å². The normalized spacial score (nSPS) is 17.5. The maximum Gasteiger partial charge on any atom is 0.269 e. The van der Waals surface area contributed by atoms with Gasteiger partial charge in [0.15, 0.2) is 0 Å². The number of hydrogen-bond donors (Lipinski definition) is 1. The van der Waals surface area contributed by atoms with E-state index >= 15 is 0 Å². The monoisotopic (exact) mass is 293 g/mol. The maximum absolute atomic E-state index is 11.2. The van der Waals surface area contributed by atoms with E-state index in [0.717, 1.165) is 13.1 Å². The third-order valence-electron chi connectivity index (χ3n) is 3.74. The van der Waals surface area contributed by atoms with Gasteiger partial charge in [0.25, 0.3) is 5.69 Å². The first-order chi connectivity index (χ1) is 9.97. The highest BCUT2D eigenvalue weighted by atomic mass is 16.6. The molecule has 1 atom stereocenters. The number of piperazine rings is 1. The summed E-state index contributed by atoms with van der Waals surface area (Å²) in [6.45, 7) is 4.81. The van der Waals surface area contributed by atoms with Crippen LogP contribution in [0.1, 0.15) is 18.6 Å². The molecule has 114 valence electrons. The molecule has 1 aliphatic rings. The van der Waals surface area contributed by atoms with Crippen molar-refractivity contribution >= 4 is 11.6 Å². The standard InChI is InChI=1S/C14H19N3O4/c1-11(18)16-8-6-15(7-9-16)10-14(19)12-2-4-13(5-3-12)17(20)21/h2-5,14,19H,6-10H2,1H3. The molecule has 1 aromatic carbocycles. The van der Waals surface area contributed by atoms with Gasteiger partial charge in [-0.3, -0.25) is 19.8 Å². The van der Waals surface area contributed by atoms with Gasteiger partial charge in [0.2, 0.25) is 5.91 Å². The summed E-state index contributed by atoms with van der Waals surface area (Å²) in [4.78, 5) is 25.2. The Kier molecular flexibility index (Phi) is 4.87. The molecule has 1 aromatic rings. The number of amides is 1. The number of carbonyl (C=O) groups is 1. The fourth-order valence-electron chi connectivity index (χ4n) is 2.41. The largest absolute Gasteiger partial charge is 0.387 e. The summed E-state index contributed by atoms with van der Waals surface area (Å²) < 4.78 is 0. The first-order valence-corrected chi connectivity index (χ1v) is 6.87. The highest BCUT2D eigenvalue weighted by Gasteiger charge is 2.21. The second-order valence-corrected chi connectivity index (χ2v) is 5.17. The molecule has 0 aliphatic carbocycles. The Morgan fingerprint density at radius 3 is 2.33 bits per heavy atom. The van der Waals surface area contributed by atoms with Crippen molar-refractivity contribution in [3.8, 4) is 0 Å². The lowest BCUT2D eigenvalue weighted by Crippen LogP contribution is -2.48. The van der Waals surface area contributed by atoms with Crippen molar-refractivity contribution in [3.05, 3.63) is 39.9 Å². The quantitative estimate of drug-likeness (QED) is 0.655. The van der Waals surface area contributed by atoms with E-state index in [1.165, 1.54) is 12.1 Å². The van der Waals surface area contributed by atoms with E-state index in [2.05, 4.69) is 4.90 Å². The van der Waals surface area contributed by atoms with Crippen molar-refractivity contribution in [2.45, 2.75) is 13.0 Å². The molecule has 1 aliphatic heterocycles. The molecular weight excluding hydrogens is 274 g/mol. The number of aliphatic hydroxyl groups excluding tert-OH is 1. The van der Waals surface area contributed by atoms with Crippen LogP contribution < -0.4 is 0 Å². The first kappa shape index (κ1) is 15.4. The molecule has 21 heavy (non-hydrogen) atoms. The predicted molar refractivity (Wildman–Crippen MR) is 76.8 cm³/mol. The van der Waals surface area contributed by atoms with Gasteiger partial charge in [0.05, 0.1) is 11.0 Å². The molecule has 7 heteroatoms. The molecule has 0 aromatic heterocycles. The summed E-state index contributed by atoms with van der Waals surface area (Å²) in [7, 11) is 0. The SMILES string of the molecule is CC(=O)N1CCN(CC(O)c2ccc([N+](=O)[O-])cc2)CC1. The fourth-order valence-corrected chi connectivity index (χ4v) is 2.41. The minimum Gasteiger partial charge on any atom is -0.387 e. The minimum absolute atomic E-state index is 0.0148. The molecule has 1 unspecified atom stereocenters.